The first kappa shape index (κ1) is 11.4. The minimum Gasteiger partial charge on any atom is -0.506 e. The van der Waals surface area contributed by atoms with Gasteiger partial charge in [0, 0.05) is 19.2 Å². The van der Waals surface area contributed by atoms with E-state index in [1.807, 2.05) is 56.1 Å². The second-order valence-electron chi connectivity index (χ2n) is 4.32. The highest BCUT2D eigenvalue weighted by molar-refractivity contribution is 5.65. The fraction of sp³-hybridized carbons (Fsp3) is 0.333. The van der Waals surface area contributed by atoms with Gasteiger partial charge in [-0.2, -0.15) is 0 Å². The number of aryl methyl sites for hydroxylation is 2. The Bertz CT molecular complexity index is 545. The maximum atomic E-state index is 9.94. The lowest BCUT2D eigenvalue weighted by atomic mass is 10.1. The summed E-state index contributed by atoms with van der Waals surface area (Å²) in [5.41, 5.74) is 1.70. The molecule has 0 aliphatic carbocycles. The Morgan fingerprint density at radius 1 is 1.35 bits per heavy atom. The summed E-state index contributed by atoms with van der Waals surface area (Å²) in [5.74, 6) is 1.09. The van der Waals surface area contributed by atoms with Gasteiger partial charge in [0.15, 0.2) is 0 Å². The van der Waals surface area contributed by atoms with Gasteiger partial charge >= 0.3 is 5.82 Å². The van der Waals surface area contributed by atoms with Crippen molar-refractivity contribution in [1.29, 1.82) is 0 Å². The summed E-state index contributed by atoms with van der Waals surface area (Å²) >= 11 is 0. The average molecular weight is 233 g/mol. The smallest absolute Gasteiger partial charge is 0.308 e. The Balaban J connectivity index is 2.48. The average Bonchev–Trinajstić information content (AvgIpc) is 2.57. The lowest BCUT2D eigenvalue weighted by Crippen LogP contribution is -2.27. The molecule has 17 heavy (non-hydrogen) atoms. The molecule has 0 radical (unpaired) electrons. The maximum absolute atomic E-state index is 9.94. The molecule has 0 fully saturated rings. The van der Waals surface area contributed by atoms with Crippen LogP contribution in [0.2, 0.25) is 0 Å². The lowest BCUT2D eigenvalue weighted by Gasteiger charge is -2.14. The summed E-state index contributed by atoms with van der Waals surface area (Å²) in [4.78, 5) is 1.87. The van der Waals surface area contributed by atoms with Crippen LogP contribution < -0.4 is 9.47 Å². The normalized spacial score (nSPS) is 10.6. The molecule has 0 unspecified atom stereocenters. The van der Waals surface area contributed by atoms with E-state index in [2.05, 4.69) is 5.10 Å². The third-order valence-corrected chi connectivity index (χ3v) is 2.64. The molecule has 90 valence electrons. The first-order valence-electron chi connectivity index (χ1n) is 5.39. The van der Waals surface area contributed by atoms with Gasteiger partial charge in [-0.3, -0.25) is 0 Å². The summed E-state index contributed by atoms with van der Waals surface area (Å²) in [6.07, 6.45) is 1.88. The Labute approximate surface area is 101 Å². The zero-order valence-electron chi connectivity index (χ0n) is 10.5. The van der Waals surface area contributed by atoms with Gasteiger partial charge in [-0.25, -0.2) is 4.57 Å². The number of aromatic nitrogens is 3. The Morgan fingerprint density at radius 2 is 2.06 bits per heavy atom. The highest BCUT2D eigenvalue weighted by Crippen LogP contribution is 2.29. The van der Waals surface area contributed by atoms with Gasteiger partial charge < -0.3 is 10.0 Å². The van der Waals surface area contributed by atoms with Crippen molar-refractivity contribution >= 4 is 5.69 Å². The topological polar surface area (TPSA) is 45.2 Å². The number of hydrogen-bond acceptors (Lipinski definition) is 3. The zero-order chi connectivity index (χ0) is 12.6. The fourth-order valence-corrected chi connectivity index (χ4v) is 1.85. The molecule has 0 saturated carbocycles. The molecule has 0 aliphatic rings. The summed E-state index contributed by atoms with van der Waals surface area (Å²) in [6.45, 7) is 0. The van der Waals surface area contributed by atoms with Crippen molar-refractivity contribution in [1.82, 2.24) is 9.78 Å². The molecule has 5 heteroatoms. The van der Waals surface area contributed by atoms with Gasteiger partial charge in [0.05, 0.1) is 25.3 Å². The van der Waals surface area contributed by atoms with Crippen molar-refractivity contribution in [3.8, 4) is 17.1 Å². The van der Waals surface area contributed by atoms with E-state index in [-0.39, 0.29) is 5.75 Å². The Kier molecular flexibility index (Phi) is 2.75. The highest BCUT2D eigenvalue weighted by atomic mass is 16.3. The molecular weight excluding hydrogens is 216 g/mol. The zero-order valence-corrected chi connectivity index (χ0v) is 10.5. The van der Waals surface area contributed by atoms with Crippen molar-refractivity contribution in [2.24, 2.45) is 14.1 Å². The number of anilines is 1. The molecule has 1 heterocycles. The predicted molar refractivity (Wildman–Crippen MR) is 65.8 cm³/mol. The quantitative estimate of drug-likeness (QED) is 0.776. The molecule has 2 aromatic rings. The first-order chi connectivity index (χ1) is 7.99. The highest BCUT2D eigenvalue weighted by Gasteiger charge is 2.16. The van der Waals surface area contributed by atoms with Gasteiger partial charge in [-0.15, -0.1) is 4.68 Å². The van der Waals surface area contributed by atoms with Gasteiger partial charge in [0.2, 0.25) is 6.33 Å². The third-order valence-electron chi connectivity index (χ3n) is 2.64. The SMILES string of the molecule is CN(C)c1ccc(-c2nn(C)c[n+]2C)cc1O. The molecule has 0 spiro atoms. The van der Waals surface area contributed by atoms with Crippen LogP contribution in [-0.4, -0.2) is 29.0 Å². The summed E-state index contributed by atoms with van der Waals surface area (Å²) in [5, 5.41) is 14.3. The molecule has 1 aromatic carbocycles. The van der Waals surface area contributed by atoms with Crippen LogP contribution in [0.5, 0.6) is 5.75 Å². The summed E-state index contributed by atoms with van der Waals surface area (Å²) in [6, 6.07) is 5.58. The van der Waals surface area contributed by atoms with Crippen molar-refractivity contribution in [3.63, 3.8) is 0 Å². The molecular formula is C12H17N4O+. The molecule has 2 rings (SSSR count). The minimum absolute atomic E-state index is 0.262. The molecule has 5 nitrogen and oxygen atoms in total. The van der Waals surface area contributed by atoms with Gasteiger partial charge in [0.25, 0.3) is 0 Å². The van der Waals surface area contributed by atoms with Crippen LogP contribution in [0.25, 0.3) is 11.4 Å². The van der Waals surface area contributed by atoms with E-state index in [0.29, 0.717) is 0 Å². The molecule has 0 atom stereocenters. The van der Waals surface area contributed by atoms with E-state index in [1.165, 1.54) is 0 Å². The number of rotatable bonds is 2. The van der Waals surface area contributed by atoms with E-state index in [1.54, 1.807) is 10.7 Å². The molecule has 1 aromatic heterocycles. The molecule has 0 bridgehead atoms. The van der Waals surface area contributed by atoms with Crippen molar-refractivity contribution in [2.75, 3.05) is 19.0 Å². The lowest BCUT2D eigenvalue weighted by molar-refractivity contribution is -0.661. The van der Waals surface area contributed by atoms with E-state index in [4.69, 9.17) is 0 Å². The Hall–Kier alpha value is -2.04. The number of benzene rings is 1. The second-order valence-corrected chi connectivity index (χ2v) is 4.32. The van der Waals surface area contributed by atoms with Crippen LogP contribution in [0.1, 0.15) is 0 Å². The number of nitrogens with zero attached hydrogens (tertiary/aromatic N) is 4. The van der Waals surface area contributed by atoms with E-state index < -0.39 is 0 Å². The fourth-order valence-electron chi connectivity index (χ4n) is 1.85. The van der Waals surface area contributed by atoms with Crippen LogP contribution in [0.3, 0.4) is 0 Å². The van der Waals surface area contributed by atoms with Crippen LogP contribution in [0, 0.1) is 0 Å². The van der Waals surface area contributed by atoms with Crippen LogP contribution in [0.15, 0.2) is 24.5 Å². The standard InChI is InChI=1S/C12H16N4O/c1-14(2)10-6-5-9(7-11(10)17)12-13-16(4)8-15(12)3/h5-8H,1-4H3/p+1. The predicted octanol–water partition coefficient (Wildman–Crippen LogP) is 0.683. The van der Waals surface area contributed by atoms with Crippen molar-refractivity contribution in [3.05, 3.63) is 24.5 Å². The first-order valence-corrected chi connectivity index (χ1v) is 5.39. The maximum Gasteiger partial charge on any atom is 0.308 e. The van der Waals surface area contributed by atoms with Gasteiger partial charge in [0.1, 0.15) is 5.75 Å². The van der Waals surface area contributed by atoms with Crippen LogP contribution in [0.4, 0.5) is 5.69 Å². The second kappa shape index (κ2) is 4.08. The largest absolute Gasteiger partial charge is 0.506 e. The van der Waals surface area contributed by atoms with Gasteiger partial charge in [-0.1, -0.05) is 0 Å². The van der Waals surface area contributed by atoms with Crippen LogP contribution >= 0.6 is 0 Å². The third kappa shape index (κ3) is 2.08. The summed E-state index contributed by atoms with van der Waals surface area (Å²) in [7, 11) is 7.60. The molecule has 0 amide bonds. The van der Waals surface area contributed by atoms with Gasteiger partial charge in [-0.05, 0) is 18.2 Å². The minimum atomic E-state index is 0.262. The molecule has 0 saturated heterocycles. The Morgan fingerprint density at radius 3 is 2.53 bits per heavy atom. The van der Waals surface area contributed by atoms with Crippen molar-refractivity contribution in [2.45, 2.75) is 0 Å². The molecule has 0 aliphatic heterocycles. The number of aromatic hydroxyl groups is 1. The molecule has 1 N–H and O–H groups in total. The number of phenolic OH excluding ortho intramolecular Hbond substituents is 1. The van der Waals surface area contributed by atoms with Crippen molar-refractivity contribution < 1.29 is 9.67 Å². The van der Waals surface area contributed by atoms with E-state index >= 15 is 0 Å². The van der Waals surface area contributed by atoms with E-state index in [0.717, 1.165) is 17.1 Å². The van der Waals surface area contributed by atoms with Crippen LogP contribution in [-0.2, 0) is 14.1 Å². The number of phenols is 1. The summed E-state index contributed by atoms with van der Waals surface area (Å²) < 4.78 is 3.66. The monoisotopic (exact) mass is 233 g/mol. The van der Waals surface area contributed by atoms with E-state index in [9.17, 15) is 5.11 Å². The number of hydrogen-bond donors (Lipinski definition) is 1.